The summed E-state index contributed by atoms with van der Waals surface area (Å²) in [6, 6.07) is 7.62. The van der Waals surface area contributed by atoms with Crippen LogP contribution in [0.2, 0.25) is 5.02 Å². The standard InChI is InChI=1S/C19H27ClN2O3/c1-2-10-21(12-13-23)19(25)16-5-8-18(24)22(14-16)11-9-15-3-6-17(20)7-4-15/h3-4,6-7,16,23H,2,5,8-14H2,1H3/t16-/m0/s1. The summed E-state index contributed by atoms with van der Waals surface area (Å²) in [5.41, 5.74) is 1.12. The third kappa shape index (κ3) is 5.72. The van der Waals surface area contributed by atoms with E-state index in [1.165, 1.54) is 0 Å². The lowest BCUT2D eigenvalue weighted by Gasteiger charge is -2.34. The second-order valence-electron chi connectivity index (χ2n) is 6.50. The van der Waals surface area contributed by atoms with Crippen LogP contribution in [0.15, 0.2) is 24.3 Å². The Balaban J connectivity index is 1.94. The first kappa shape index (κ1) is 19.7. The molecule has 2 rings (SSSR count). The van der Waals surface area contributed by atoms with Crippen molar-refractivity contribution >= 4 is 23.4 Å². The molecular formula is C19H27ClN2O3. The Morgan fingerprint density at radius 1 is 1.32 bits per heavy atom. The van der Waals surface area contributed by atoms with Crippen molar-refractivity contribution in [1.82, 2.24) is 9.80 Å². The molecule has 1 fully saturated rings. The maximum atomic E-state index is 12.7. The molecule has 0 aliphatic carbocycles. The van der Waals surface area contributed by atoms with Gasteiger partial charge in [-0.25, -0.2) is 0 Å². The molecule has 2 amide bonds. The number of rotatable bonds is 8. The fourth-order valence-electron chi connectivity index (χ4n) is 3.23. The highest BCUT2D eigenvalue weighted by Gasteiger charge is 2.32. The molecule has 1 N–H and O–H groups in total. The van der Waals surface area contributed by atoms with Crippen molar-refractivity contribution < 1.29 is 14.7 Å². The number of carbonyl (C=O) groups is 2. The molecule has 1 aromatic rings. The summed E-state index contributed by atoms with van der Waals surface area (Å²) in [6.45, 7) is 4.07. The molecule has 0 bridgehead atoms. The van der Waals surface area contributed by atoms with E-state index in [2.05, 4.69) is 0 Å². The van der Waals surface area contributed by atoms with Crippen molar-refractivity contribution in [3.8, 4) is 0 Å². The first-order valence-electron chi connectivity index (χ1n) is 8.97. The molecule has 0 radical (unpaired) electrons. The molecular weight excluding hydrogens is 340 g/mol. The highest BCUT2D eigenvalue weighted by molar-refractivity contribution is 6.30. The van der Waals surface area contributed by atoms with Gasteiger partial charge in [-0.15, -0.1) is 0 Å². The van der Waals surface area contributed by atoms with Crippen LogP contribution in [0.1, 0.15) is 31.7 Å². The van der Waals surface area contributed by atoms with Gasteiger partial charge in [-0.05, 0) is 37.0 Å². The number of hydrogen-bond acceptors (Lipinski definition) is 3. The quantitative estimate of drug-likeness (QED) is 0.768. The maximum Gasteiger partial charge on any atom is 0.227 e. The summed E-state index contributed by atoms with van der Waals surface area (Å²) < 4.78 is 0. The van der Waals surface area contributed by atoms with Crippen LogP contribution < -0.4 is 0 Å². The van der Waals surface area contributed by atoms with Crippen LogP contribution in [0, 0.1) is 5.92 Å². The van der Waals surface area contributed by atoms with Crippen molar-refractivity contribution in [2.24, 2.45) is 5.92 Å². The molecule has 138 valence electrons. The largest absolute Gasteiger partial charge is 0.395 e. The highest BCUT2D eigenvalue weighted by Crippen LogP contribution is 2.21. The van der Waals surface area contributed by atoms with Gasteiger partial charge < -0.3 is 14.9 Å². The molecule has 6 heteroatoms. The third-order valence-corrected chi connectivity index (χ3v) is 4.86. The van der Waals surface area contributed by atoms with E-state index < -0.39 is 0 Å². The van der Waals surface area contributed by atoms with Crippen molar-refractivity contribution in [3.63, 3.8) is 0 Å². The van der Waals surface area contributed by atoms with Crippen molar-refractivity contribution in [2.75, 3.05) is 32.8 Å². The summed E-state index contributed by atoms with van der Waals surface area (Å²) in [6.07, 6.45) is 2.62. The Hall–Kier alpha value is -1.59. The summed E-state index contributed by atoms with van der Waals surface area (Å²) >= 11 is 5.89. The van der Waals surface area contributed by atoms with E-state index in [9.17, 15) is 9.59 Å². The predicted octanol–water partition coefficient (Wildman–Crippen LogP) is 2.35. The van der Waals surface area contributed by atoms with Gasteiger partial charge in [-0.3, -0.25) is 9.59 Å². The number of carbonyl (C=O) groups excluding carboxylic acids is 2. The lowest BCUT2D eigenvalue weighted by molar-refractivity contribution is -0.143. The lowest BCUT2D eigenvalue weighted by Crippen LogP contribution is -2.48. The Bertz CT molecular complexity index is 571. The number of aliphatic hydroxyl groups excluding tert-OH is 1. The normalized spacial score (nSPS) is 17.6. The number of nitrogens with zero attached hydrogens (tertiary/aromatic N) is 2. The van der Waals surface area contributed by atoms with E-state index in [1.807, 2.05) is 31.2 Å². The summed E-state index contributed by atoms with van der Waals surface area (Å²) in [4.78, 5) is 28.4. The number of likely N-dealkylation sites (tertiary alicyclic amines) is 1. The highest BCUT2D eigenvalue weighted by atomic mass is 35.5. The molecule has 1 aliphatic rings. The van der Waals surface area contributed by atoms with Crippen molar-refractivity contribution in [2.45, 2.75) is 32.6 Å². The maximum absolute atomic E-state index is 12.7. The first-order valence-corrected chi connectivity index (χ1v) is 9.34. The topological polar surface area (TPSA) is 60.9 Å². The second kappa shape index (κ2) is 9.78. The van der Waals surface area contributed by atoms with Crippen LogP contribution in [-0.4, -0.2) is 59.5 Å². The van der Waals surface area contributed by atoms with Gasteiger partial charge in [0.2, 0.25) is 11.8 Å². The van der Waals surface area contributed by atoms with Gasteiger partial charge in [0.1, 0.15) is 0 Å². The monoisotopic (exact) mass is 366 g/mol. The first-order chi connectivity index (χ1) is 12.0. The number of hydrogen-bond donors (Lipinski definition) is 1. The molecule has 1 atom stereocenters. The van der Waals surface area contributed by atoms with Gasteiger partial charge in [-0.1, -0.05) is 30.7 Å². The van der Waals surface area contributed by atoms with Crippen LogP contribution in [0.25, 0.3) is 0 Å². The van der Waals surface area contributed by atoms with Gasteiger partial charge in [0.25, 0.3) is 0 Å². The van der Waals surface area contributed by atoms with Crippen LogP contribution >= 0.6 is 11.6 Å². The minimum atomic E-state index is -0.166. The Kier molecular flexibility index (Phi) is 7.72. The van der Waals surface area contributed by atoms with Crippen molar-refractivity contribution in [1.29, 1.82) is 0 Å². The summed E-state index contributed by atoms with van der Waals surface area (Å²) in [5, 5.41) is 9.86. The predicted molar refractivity (Wildman–Crippen MR) is 98.4 cm³/mol. The van der Waals surface area contributed by atoms with Crippen LogP contribution in [0.5, 0.6) is 0 Å². The van der Waals surface area contributed by atoms with E-state index in [0.717, 1.165) is 18.4 Å². The van der Waals surface area contributed by atoms with E-state index in [0.29, 0.717) is 44.0 Å². The molecule has 0 aromatic heterocycles. The average Bonchev–Trinajstić information content (AvgIpc) is 2.61. The zero-order chi connectivity index (χ0) is 18.2. The molecule has 5 nitrogen and oxygen atoms in total. The fraction of sp³-hybridized carbons (Fsp3) is 0.579. The molecule has 1 heterocycles. The van der Waals surface area contributed by atoms with Crippen LogP contribution in [0.4, 0.5) is 0 Å². The van der Waals surface area contributed by atoms with Gasteiger partial charge in [0.05, 0.1) is 12.5 Å². The van der Waals surface area contributed by atoms with Gasteiger partial charge >= 0.3 is 0 Å². The molecule has 0 saturated carbocycles. The summed E-state index contributed by atoms with van der Waals surface area (Å²) in [5.74, 6) is 0.00289. The number of halogens is 1. The molecule has 0 spiro atoms. The SMILES string of the molecule is CCCN(CCO)C(=O)[C@H]1CCC(=O)N(CCc2ccc(Cl)cc2)C1. The zero-order valence-corrected chi connectivity index (χ0v) is 15.5. The zero-order valence-electron chi connectivity index (χ0n) is 14.8. The fourth-order valence-corrected chi connectivity index (χ4v) is 3.35. The Labute approximate surface area is 154 Å². The second-order valence-corrected chi connectivity index (χ2v) is 6.94. The number of piperidine rings is 1. The number of amides is 2. The molecule has 25 heavy (non-hydrogen) atoms. The number of aliphatic hydroxyl groups is 1. The molecule has 1 aliphatic heterocycles. The summed E-state index contributed by atoms with van der Waals surface area (Å²) in [7, 11) is 0. The third-order valence-electron chi connectivity index (χ3n) is 4.61. The average molecular weight is 367 g/mol. The van der Waals surface area contributed by atoms with Crippen LogP contribution in [0.3, 0.4) is 0 Å². The van der Waals surface area contributed by atoms with E-state index in [1.54, 1.807) is 9.80 Å². The van der Waals surface area contributed by atoms with E-state index in [-0.39, 0.29) is 24.3 Å². The van der Waals surface area contributed by atoms with E-state index in [4.69, 9.17) is 16.7 Å². The lowest BCUT2D eigenvalue weighted by atomic mass is 9.95. The molecule has 0 unspecified atom stereocenters. The van der Waals surface area contributed by atoms with Gasteiger partial charge in [-0.2, -0.15) is 0 Å². The minimum Gasteiger partial charge on any atom is -0.395 e. The van der Waals surface area contributed by atoms with Crippen LogP contribution in [-0.2, 0) is 16.0 Å². The van der Waals surface area contributed by atoms with Gasteiger partial charge in [0.15, 0.2) is 0 Å². The Morgan fingerprint density at radius 3 is 2.68 bits per heavy atom. The van der Waals surface area contributed by atoms with Gasteiger partial charge in [0, 0.05) is 37.6 Å². The minimum absolute atomic E-state index is 0.0301. The molecule has 1 saturated heterocycles. The smallest absolute Gasteiger partial charge is 0.227 e. The Morgan fingerprint density at radius 2 is 2.04 bits per heavy atom. The number of benzene rings is 1. The van der Waals surface area contributed by atoms with Crippen molar-refractivity contribution in [3.05, 3.63) is 34.9 Å². The van der Waals surface area contributed by atoms with E-state index >= 15 is 0 Å². The molecule has 1 aromatic carbocycles.